The molecule has 0 atom stereocenters. The third-order valence-electron chi connectivity index (χ3n) is 2.04. The summed E-state index contributed by atoms with van der Waals surface area (Å²) in [5, 5.41) is 0.483. The molecule has 0 radical (unpaired) electrons. The molecule has 17 heavy (non-hydrogen) atoms. The van der Waals surface area contributed by atoms with Crippen LogP contribution >= 0.6 is 11.6 Å². The second-order valence-electron chi connectivity index (χ2n) is 3.34. The molecule has 0 unspecified atom stereocenters. The summed E-state index contributed by atoms with van der Waals surface area (Å²) in [6, 6.07) is 5.11. The number of halogens is 1. The number of rotatable bonds is 7. The van der Waals surface area contributed by atoms with Gasteiger partial charge in [-0.2, -0.15) is 0 Å². The molecule has 1 aromatic rings. The molecule has 5 heteroatoms. The number of ether oxygens (including phenoxy) is 3. The van der Waals surface area contributed by atoms with Gasteiger partial charge in [-0.1, -0.05) is 11.6 Å². The fourth-order valence-electron chi connectivity index (χ4n) is 1.31. The first-order chi connectivity index (χ1) is 8.17. The molecule has 0 bridgehead atoms. The van der Waals surface area contributed by atoms with Gasteiger partial charge >= 0.3 is 0 Å². The van der Waals surface area contributed by atoms with Crippen molar-refractivity contribution in [2.75, 3.05) is 25.6 Å². The van der Waals surface area contributed by atoms with Crippen molar-refractivity contribution in [3.63, 3.8) is 0 Å². The molecule has 0 saturated heterocycles. The average molecular weight is 260 g/mol. The Kier molecular flexibility index (Phi) is 6.11. The minimum absolute atomic E-state index is 0.297. The Hall–Kier alpha value is -0.970. The summed E-state index contributed by atoms with van der Waals surface area (Å²) < 4.78 is 16.2. The lowest BCUT2D eigenvalue weighted by Gasteiger charge is -2.18. The van der Waals surface area contributed by atoms with Crippen LogP contribution in [0.3, 0.4) is 0 Å². The topological polar surface area (TPSA) is 53.7 Å². The van der Waals surface area contributed by atoms with Gasteiger partial charge < -0.3 is 19.9 Å². The molecule has 0 heterocycles. The summed E-state index contributed by atoms with van der Waals surface area (Å²) in [6.07, 6.45) is -0.376. The predicted octanol–water partition coefficient (Wildman–Crippen LogP) is 2.70. The molecule has 0 amide bonds. The van der Waals surface area contributed by atoms with E-state index in [9.17, 15) is 0 Å². The van der Waals surface area contributed by atoms with Crippen molar-refractivity contribution in [3.8, 4) is 5.75 Å². The van der Waals surface area contributed by atoms with E-state index >= 15 is 0 Å². The van der Waals surface area contributed by atoms with Crippen LogP contribution in [-0.4, -0.2) is 26.1 Å². The maximum Gasteiger partial charge on any atom is 0.191 e. The maximum absolute atomic E-state index is 5.98. The van der Waals surface area contributed by atoms with Crippen LogP contribution in [0, 0.1) is 0 Å². The summed E-state index contributed by atoms with van der Waals surface area (Å²) >= 11 is 5.98. The summed E-state index contributed by atoms with van der Waals surface area (Å²) in [6.45, 7) is 5.25. The highest BCUT2D eigenvalue weighted by atomic mass is 35.5. The van der Waals surface area contributed by atoms with Crippen LogP contribution in [0.2, 0.25) is 5.02 Å². The molecule has 0 spiro atoms. The third kappa shape index (κ3) is 4.81. The van der Waals surface area contributed by atoms with Crippen LogP contribution in [0.4, 0.5) is 5.69 Å². The minimum Gasteiger partial charge on any atom is -0.487 e. The van der Waals surface area contributed by atoms with E-state index in [1.54, 1.807) is 18.2 Å². The van der Waals surface area contributed by atoms with Gasteiger partial charge in [0.1, 0.15) is 12.4 Å². The van der Waals surface area contributed by atoms with Gasteiger partial charge in [-0.25, -0.2) is 0 Å². The maximum atomic E-state index is 5.98. The van der Waals surface area contributed by atoms with E-state index in [-0.39, 0.29) is 6.29 Å². The van der Waals surface area contributed by atoms with Gasteiger partial charge in [-0.05, 0) is 32.0 Å². The summed E-state index contributed by atoms with van der Waals surface area (Å²) in [7, 11) is 0. The number of hydrogen-bond acceptors (Lipinski definition) is 4. The molecule has 2 N–H and O–H groups in total. The van der Waals surface area contributed by atoms with Gasteiger partial charge in [0.15, 0.2) is 6.29 Å². The van der Waals surface area contributed by atoms with Gasteiger partial charge in [0.05, 0.1) is 5.02 Å². The highest BCUT2D eigenvalue weighted by molar-refractivity contribution is 6.32. The first kappa shape index (κ1) is 14.1. The Morgan fingerprint density at radius 2 is 1.88 bits per heavy atom. The largest absolute Gasteiger partial charge is 0.487 e. The van der Waals surface area contributed by atoms with E-state index in [0.29, 0.717) is 36.3 Å². The number of hydrogen-bond donors (Lipinski definition) is 1. The first-order valence-corrected chi connectivity index (χ1v) is 5.96. The molecule has 0 fully saturated rings. The lowest BCUT2D eigenvalue weighted by Crippen LogP contribution is -2.25. The van der Waals surface area contributed by atoms with Gasteiger partial charge in [-0.15, -0.1) is 0 Å². The highest BCUT2D eigenvalue weighted by Gasteiger charge is 2.10. The van der Waals surface area contributed by atoms with Crippen molar-refractivity contribution in [3.05, 3.63) is 23.2 Å². The molecule has 0 aliphatic heterocycles. The molecule has 1 rings (SSSR count). The van der Waals surface area contributed by atoms with Gasteiger partial charge in [0.2, 0.25) is 0 Å². The number of nitrogens with two attached hydrogens (primary N) is 1. The van der Waals surface area contributed by atoms with Gasteiger partial charge in [0.25, 0.3) is 0 Å². The van der Waals surface area contributed by atoms with Crippen LogP contribution in [0.25, 0.3) is 0 Å². The van der Waals surface area contributed by atoms with Gasteiger partial charge in [-0.3, -0.25) is 0 Å². The molecular formula is C12H18ClNO3. The zero-order valence-corrected chi connectivity index (χ0v) is 10.9. The summed E-state index contributed by atoms with van der Waals surface area (Å²) in [5.41, 5.74) is 6.19. The Bertz CT molecular complexity index is 341. The molecule has 0 aromatic heterocycles. The van der Waals surface area contributed by atoms with Crippen molar-refractivity contribution in [2.45, 2.75) is 20.1 Å². The fourth-order valence-corrected chi connectivity index (χ4v) is 1.55. The van der Waals surface area contributed by atoms with Crippen molar-refractivity contribution in [1.82, 2.24) is 0 Å². The number of anilines is 1. The predicted molar refractivity (Wildman–Crippen MR) is 68.4 cm³/mol. The second-order valence-corrected chi connectivity index (χ2v) is 3.75. The van der Waals surface area contributed by atoms with Crippen LogP contribution < -0.4 is 10.5 Å². The van der Waals surface area contributed by atoms with E-state index in [1.165, 1.54) is 0 Å². The smallest absolute Gasteiger partial charge is 0.191 e. The first-order valence-electron chi connectivity index (χ1n) is 5.58. The quantitative estimate of drug-likeness (QED) is 0.604. The lowest BCUT2D eigenvalue weighted by molar-refractivity contribution is -0.152. The van der Waals surface area contributed by atoms with Crippen molar-refractivity contribution < 1.29 is 14.2 Å². The molecule has 96 valence electrons. The van der Waals surface area contributed by atoms with E-state index < -0.39 is 0 Å². The lowest BCUT2D eigenvalue weighted by atomic mass is 10.3. The van der Waals surface area contributed by atoms with Gasteiger partial charge in [0, 0.05) is 18.9 Å². The second kappa shape index (κ2) is 7.37. The Balaban J connectivity index is 2.52. The normalized spacial score (nSPS) is 10.8. The summed E-state index contributed by atoms with van der Waals surface area (Å²) in [4.78, 5) is 0. The average Bonchev–Trinajstić information content (AvgIpc) is 2.28. The standard InChI is InChI=1S/C12H18ClNO3/c1-3-15-12(16-4-2)8-17-11-6-5-9(14)7-10(11)13/h5-7,12H,3-4,8,14H2,1-2H3. The molecule has 4 nitrogen and oxygen atoms in total. The molecule has 0 aliphatic rings. The summed E-state index contributed by atoms with van der Waals surface area (Å²) in [5.74, 6) is 0.574. The molecule has 0 aliphatic carbocycles. The van der Waals surface area contributed by atoms with E-state index in [0.717, 1.165) is 0 Å². The molecular weight excluding hydrogens is 242 g/mol. The molecule has 0 saturated carbocycles. The zero-order chi connectivity index (χ0) is 12.7. The third-order valence-corrected chi connectivity index (χ3v) is 2.33. The minimum atomic E-state index is -0.376. The van der Waals surface area contributed by atoms with Crippen LogP contribution in [0.5, 0.6) is 5.75 Å². The molecule has 1 aromatic carbocycles. The van der Waals surface area contributed by atoms with Crippen LogP contribution in [0.15, 0.2) is 18.2 Å². The highest BCUT2D eigenvalue weighted by Crippen LogP contribution is 2.26. The van der Waals surface area contributed by atoms with Crippen molar-refractivity contribution in [1.29, 1.82) is 0 Å². The zero-order valence-electron chi connectivity index (χ0n) is 10.1. The Morgan fingerprint density at radius 3 is 2.41 bits per heavy atom. The van der Waals surface area contributed by atoms with E-state index in [2.05, 4.69) is 0 Å². The van der Waals surface area contributed by atoms with Crippen molar-refractivity contribution in [2.24, 2.45) is 0 Å². The van der Waals surface area contributed by atoms with Crippen LogP contribution in [0.1, 0.15) is 13.8 Å². The Morgan fingerprint density at radius 1 is 1.24 bits per heavy atom. The van der Waals surface area contributed by atoms with E-state index in [4.69, 9.17) is 31.5 Å². The Labute approximate surface area is 107 Å². The van der Waals surface area contributed by atoms with E-state index in [1.807, 2.05) is 13.8 Å². The van der Waals surface area contributed by atoms with Crippen LogP contribution in [-0.2, 0) is 9.47 Å². The van der Waals surface area contributed by atoms with Crippen molar-refractivity contribution >= 4 is 17.3 Å². The number of benzene rings is 1. The monoisotopic (exact) mass is 259 g/mol. The fraction of sp³-hybridized carbons (Fsp3) is 0.500. The SMILES string of the molecule is CCOC(COc1ccc(N)cc1Cl)OCC. The number of nitrogen functional groups attached to an aromatic ring is 1.